The van der Waals surface area contributed by atoms with Gasteiger partial charge >= 0.3 is 0 Å². The van der Waals surface area contributed by atoms with E-state index in [4.69, 9.17) is 0 Å². The fourth-order valence-corrected chi connectivity index (χ4v) is 2.71. The lowest BCUT2D eigenvalue weighted by Crippen LogP contribution is -2.45. The first-order valence-electron chi connectivity index (χ1n) is 7.15. The standard InChI is InChI=1S/C15H23FN2O.ClH/c1-2-3-4-15(18-9-7-17-8-10-18)13-6-5-12(19)11-14(13)16;/h5-6,11,15,17,19H,2-4,7-10H2,1H3;1H/t15-;/m0./s1. The topological polar surface area (TPSA) is 35.5 Å². The summed E-state index contributed by atoms with van der Waals surface area (Å²) in [6.07, 6.45) is 3.18. The molecule has 1 fully saturated rings. The van der Waals surface area contributed by atoms with Gasteiger partial charge in [0.05, 0.1) is 0 Å². The van der Waals surface area contributed by atoms with E-state index in [1.807, 2.05) is 0 Å². The van der Waals surface area contributed by atoms with Gasteiger partial charge in [-0.2, -0.15) is 0 Å². The highest BCUT2D eigenvalue weighted by Crippen LogP contribution is 2.30. The fourth-order valence-electron chi connectivity index (χ4n) is 2.71. The largest absolute Gasteiger partial charge is 0.508 e. The second-order valence-electron chi connectivity index (χ2n) is 5.15. The molecule has 0 aromatic heterocycles. The maximum atomic E-state index is 14.1. The second-order valence-corrected chi connectivity index (χ2v) is 5.15. The molecule has 0 saturated carbocycles. The molecule has 114 valence electrons. The van der Waals surface area contributed by atoms with E-state index in [1.165, 1.54) is 6.07 Å². The average Bonchev–Trinajstić information content (AvgIpc) is 2.42. The summed E-state index contributed by atoms with van der Waals surface area (Å²) in [5.41, 5.74) is 0.716. The van der Waals surface area contributed by atoms with E-state index in [9.17, 15) is 9.50 Å². The second kappa shape index (κ2) is 8.45. The lowest BCUT2D eigenvalue weighted by Gasteiger charge is -2.35. The average molecular weight is 303 g/mol. The minimum atomic E-state index is -0.292. The van der Waals surface area contributed by atoms with Crippen molar-refractivity contribution in [2.24, 2.45) is 0 Å². The molecule has 0 spiro atoms. The normalized spacial score (nSPS) is 17.5. The first-order chi connectivity index (χ1) is 9.22. The summed E-state index contributed by atoms with van der Waals surface area (Å²) in [5.74, 6) is -0.296. The molecule has 0 aliphatic carbocycles. The van der Waals surface area contributed by atoms with E-state index in [-0.39, 0.29) is 30.0 Å². The zero-order valence-corrected chi connectivity index (χ0v) is 12.8. The number of aromatic hydroxyl groups is 1. The number of piperazine rings is 1. The van der Waals surface area contributed by atoms with E-state index < -0.39 is 0 Å². The van der Waals surface area contributed by atoms with Crippen molar-refractivity contribution in [3.05, 3.63) is 29.6 Å². The van der Waals surface area contributed by atoms with Crippen LogP contribution in [-0.4, -0.2) is 36.2 Å². The molecule has 1 aliphatic rings. The summed E-state index contributed by atoms with van der Waals surface area (Å²) in [4.78, 5) is 2.35. The molecule has 1 saturated heterocycles. The quantitative estimate of drug-likeness (QED) is 0.877. The van der Waals surface area contributed by atoms with Crippen LogP contribution in [0, 0.1) is 5.82 Å². The van der Waals surface area contributed by atoms with Crippen LogP contribution in [-0.2, 0) is 0 Å². The molecule has 1 heterocycles. The lowest BCUT2D eigenvalue weighted by atomic mass is 9.98. The Hall–Kier alpha value is -0.840. The number of phenolic OH excluding ortho intramolecular Hbond substituents is 1. The van der Waals surface area contributed by atoms with Crippen molar-refractivity contribution in [2.75, 3.05) is 26.2 Å². The number of benzene rings is 1. The van der Waals surface area contributed by atoms with Crippen LogP contribution in [0.2, 0.25) is 0 Å². The van der Waals surface area contributed by atoms with Crippen LogP contribution < -0.4 is 5.32 Å². The van der Waals surface area contributed by atoms with Crippen molar-refractivity contribution in [2.45, 2.75) is 32.2 Å². The predicted molar refractivity (Wildman–Crippen MR) is 82.0 cm³/mol. The van der Waals surface area contributed by atoms with Crippen molar-refractivity contribution in [1.29, 1.82) is 0 Å². The van der Waals surface area contributed by atoms with Gasteiger partial charge in [0.1, 0.15) is 11.6 Å². The predicted octanol–water partition coefficient (Wildman–Crippen LogP) is 3.09. The van der Waals surface area contributed by atoms with Gasteiger partial charge < -0.3 is 10.4 Å². The number of nitrogens with one attached hydrogen (secondary N) is 1. The Bertz CT molecular complexity index is 411. The molecular weight excluding hydrogens is 279 g/mol. The number of phenols is 1. The van der Waals surface area contributed by atoms with Crippen molar-refractivity contribution in [3.8, 4) is 5.75 Å². The monoisotopic (exact) mass is 302 g/mol. The maximum absolute atomic E-state index is 14.1. The zero-order valence-electron chi connectivity index (χ0n) is 11.9. The van der Waals surface area contributed by atoms with Gasteiger partial charge in [-0.15, -0.1) is 12.4 Å². The third-order valence-electron chi connectivity index (χ3n) is 3.77. The van der Waals surface area contributed by atoms with E-state index >= 15 is 0 Å². The highest BCUT2D eigenvalue weighted by molar-refractivity contribution is 5.85. The first-order valence-corrected chi connectivity index (χ1v) is 7.15. The molecule has 0 amide bonds. The van der Waals surface area contributed by atoms with Crippen LogP contribution >= 0.6 is 12.4 Å². The van der Waals surface area contributed by atoms with Gasteiger partial charge in [-0.3, -0.25) is 4.90 Å². The van der Waals surface area contributed by atoms with Gasteiger partial charge in [0.2, 0.25) is 0 Å². The Morgan fingerprint density at radius 1 is 1.35 bits per heavy atom. The minimum absolute atomic E-state index is 0. The molecule has 2 rings (SSSR count). The van der Waals surface area contributed by atoms with Gasteiger partial charge in [-0.25, -0.2) is 4.39 Å². The summed E-state index contributed by atoms with van der Waals surface area (Å²) < 4.78 is 14.1. The van der Waals surface area contributed by atoms with Crippen molar-refractivity contribution in [1.82, 2.24) is 10.2 Å². The molecule has 0 unspecified atom stereocenters. The van der Waals surface area contributed by atoms with Crippen LogP contribution in [0.5, 0.6) is 5.75 Å². The van der Waals surface area contributed by atoms with Crippen LogP contribution in [0.3, 0.4) is 0 Å². The summed E-state index contributed by atoms with van der Waals surface area (Å²) in [5, 5.41) is 12.7. The molecule has 3 nitrogen and oxygen atoms in total. The van der Waals surface area contributed by atoms with Crippen molar-refractivity contribution < 1.29 is 9.50 Å². The van der Waals surface area contributed by atoms with E-state index in [0.717, 1.165) is 45.4 Å². The zero-order chi connectivity index (χ0) is 13.7. The Labute approximate surface area is 126 Å². The van der Waals surface area contributed by atoms with Gasteiger partial charge in [0, 0.05) is 43.9 Å². The molecule has 5 heteroatoms. The molecular formula is C15H24ClFN2O. The maximum Gasteiger partial charge on any atom is 0.131 e. The molecule has 0 bridgehead atoms. The van der Waals surface area contributed by atoms with E-state index in [0.29, 0.717) is 5.56 Å². The van der Waals surface area contributed by atoms with Crippen LogP contribution in [0.25, 0.3) is 0 Å². The van der Waals surface area contributed by atoms with E-state index in [1.54, 1.807) is 12.1 Å². The van der Waals surface area contributed by atoms with Gasteiger partial charge in [-0.05, 0) is 12.5 Å². The van der Waals surface area contributed by atoms with Gasteiger partial charge in [0.25, 0.3) is 0 Å². The van der Waals surface area contributed by atoms with Crippen molar-refractivity contribution in [3.63, 3.8) is 0 Å². The first kappa shape index (κ1) is 17.2. The Balaban J connectivity index is 0.00000200. The van der Waals surface area contributed by atoms with Crippen LogP contribution in [0.4, 0.5) is 4.39 Å². The number of rotatable bonds is 5. The fraction of sp³-hybridized carbons (Fsp3) is 0.600. The van der Waals surface area contributed by atoms with Gasteiger partial charge in [-0.1, -0.05) is 25.8 Å². The highest BCUT2D eigenvalue weighted by atomic mass is 35.5. The van der Waals surface area contributed by atoms with Crippen molar-refractivity contribution >= 4 is 12.4 Å². The van der Waals surface area contributed by atoms with Gasteiger partial charge in [0.15, 0.2) is 0 Å². The Morgan fingerprint density at radius 2 is 2.05 bits per heavy atom. The molecule has 0 radical (unpaired) electrons. The third-order valence-corrected chi connectivity index (χ3v) is 3.77. The third kappa shape index (κ3) is 4.33. The van der Waals surface area contributed by atoms with Crippen LogP contribution in [0.1, 0.15) is 37.8 Å². The molecule has 1 atom stereocenters. The van der Waals surface area contributed by atoms with Crippen LogP contribution in [0.15, 0.2) is 18.2 Å². The summed E-state index contributed by atoms with van der Waals surface area (Å²) in [6, 6.07) is 4.66. The molecule has 1 aromatic rings. The molecule has 1 aliphatic heterocycles. The molecule has 20 heavy (non-hydrogen) atoms. The summed E-state index contributed by atoms with van der Waals surface area (Å²) in [7, 11) is 0. The summed E-state index contributed by atoms with van der Waals surface area (Å²) >= 11 is 0. The SMILES string of the molecule is CCCC[C@@H](c1ccc(O)cc1F)N1CCNCC1.Cl. The summed E-state index contributed by atoms with van der Waals surface area (Å²) in [6.45, 7) is 5.98. The number of hydrogen-bond acceptors (Lipinski definition) is 3. The number of nitrogens with zero attached hydrogens (tertiary/aromatic N) is 1. The number of halogens is 2. The minimum Gasteiger partial charge on any atom is -0.508 e. The smallest absolute Gasteiger partial charge is 0.131 e. The molecule has 1 aromatic carbocycles. The lowest BCUT2D eigenvalue weighted by molar-refractivity contribution is 0.160. The highest BCUT2D eigenvalue weighted by Gasteiger charge is 2.24. The Kier molecular flexibility index (Phi) is 7.27. The number of unbranched alkanes of at least 4 members (excludes halogenated alkanes) is 1. The van der Waals surface area contributed by atoms with E-state index in [2.05, 4.69) is 17.1 Å². The Morgan fingerprint density at radius 3 is 2.65 bits per heavy atom. The number of hydrogen-bond donors (Lipinski definition) is 2. The molecule has 2 N–H and O–H groups in total.